The fourth-order valence-corrected chi connectivity index (χ4v) is 10.6. The molecule has 0 radical (unpaired) electrons. The van der Waals surface area contributed by atoms with E-state index in [1.807, 2.05) is 0 Å². The molecule has 0 atom stereocenters. The number of fused-ring (bicyclic) bond motifs is 6. The molecule has 0 spiro atoms. The lowest BCUT2D eigenvalue weighted by molar-refractivity contribution is 1.18. The molecule has 2 nitrogen and oxygen atoms in total. The highest BCUT2D eigenvalue weighted by atomic mass is 15.1. The van der Waals surface area contributed by atoms with Crippen molar-refractivity contribution in [3.05, 3.63) is 267 Å². The summed E-state index contributed by atoms with van der Waals surface area (Å²) in [5, 5.41) is 9.77. The van der Waals surface area contributed by atoms with Gasteiger partial charge in [0.05, 0.1) is 33.8 Å². The highest BCUT2D eigenvalue weighted by Crippen LogP contribution is 2.49. The standard InChI is InChI=1S/C66H44N2/c1-2-20-47(21-3-1)56-39-38-52(44-66(56)68-63-32-16-12-28-59(63)60-29-13-17-33-64(60)68)55-25-11-15-31-62(55)67(61-30-14-10-24-54(61)51-37-35-46-19-5-7-23-49(46)43-51)65-41-40-53(57-26-8-9-27-58(57)65)50-36-34-45-18-4-6-22-48(45)42-50/h1-44H. The average molecular weight is 865 g/mol. The van der Waals surface area contributed by atoms with Gasteiger partial charge in [-0.3, -0.25) is 0 Å². The predicted molar refractivity (Wildman–Crippen MR) is 290 cm³/mol. The van der Waals surface area contributed by atoms with Crippen LogP contribution < -0.4 is 4.90 Å². The molecule has 0 aliphatic rings. The van der Waals surface area contributed by atoms with E-state index in [1.165, 1.54) is 81.9 Å². The molecule has 12 aromatic carbocycles. The van der Waals surface area contributed by atoms with Gasteiger partial charge in [0, 0.05) is 32.8 Å². The fourth-order valence-electron chi connectivity index (χ4n) is 10.6. The van der Waals surface area contributed by atoms with Crippen LogP contribution in [0.5, 0.6) is 0 Å². The minimum atomic E-state index is 1.09. The molecule has 2 heteroatoms. The van der Waals surface area contributed by atoms with E-state index in [2.05, 4.69) is 276 Å². The molecule has 0 saturated carbocycles. The smallest absolute Gasteiger partial charge is 0.0546 e. The van der Waals surface area contributed by atoms with E-state index in [1.54, 1.807) is 0 Å². The number of hydrogen-bond donors (Lipinski definition) is 0. The molecule has 318 valence electrons. The summed E-state index contributed by atoms with van der Waals surface area (Å²) < 4.78 is 2.46. The van der Waals surface area contributed by atoms with Crippen molar-refractivity contribution in [2.24, 2.45) is 0 Å². The lowest BCUT2D eigenvalue weighted by atomic mass is 9.93. The Morgan fingerprint density at radius 1 is 0.235 bits per heavy atom. The van der Waals surface area contributed by atoms with Crippen molar-refractivity contribution in [2.75, 3.05) is 4.90 Å². The van der Waals surface area contributed by atoms with Crippen molar-refractivity contribution in [3.63, 3.8) is 0 Å². The van der Waals surface area contributed by atoms with Gasteiger partial charge in [-0.05, 0) is 103 Å². The van der Waals surface area contributed by atoms with Crippen molar-refractivity contribution < 1.29 is 0 Å². The molecular formula is C66H44N2. The van der Waals surface area contributed by atoms with Gasteiger partial charge in [0.25, 0.3) is 0 Å². The Morgan fingerprint density at radius 3 is 1.29 bits per heavy atom. The van der Waals surface area contributed by atoms with Gasteiger partial charge < -0.3 is 9.47 Å². The lowest BCUT2D eigenvalue weighted by Crippen LogP contribution is -2.13. The van der Waals surface area contributed by atoms with Crippen molar-refractivity contribution in [1.29, 1.82) is 0 Å². The topological polar surface area (TPSA) is 8.17 Å². The zero-order chi connectivity index (χ0) is 45.0. The molecule has 0 aliphatic carbocycles. The molecule has 0 bridgehead atoms. The molecule has 0 saturated heterocycles. The van der Waals surface area contributed by atoms with Gasteiger partial charge in [0.2, 0.25) is 0 Å². The Bertz CT molecular complexity index is 3990. The summed E-state index contributed by atoms with van der Waals surface area (Å²) in [4.78, 5) is 2.51. The second-order valence-corrected chi connectivity index (χ2v) is 17.6. The van der Waals surface area contributed by atoms with Crippen molar-refractivity contribution >= 4 is 71.2 Å². The molecule has 0 aliphatic heterocycles. The van der Waals surface area contributed by atoms with E-state index in [0.29, 0.717) is 0 Å². The van der Waals surface area contributed by atoms with Crippen LogP contribution in [0.25, 0.3) is 104 Å². The van der Waals surface area contributed by atoms with Crippen molar-refractivity contribution in [2.45, 2.75) is 0 Å². The van der Waals surface area contributed by atoms with Crippen LogP contribution >= 0.6 is 0 Å². The first-order chi connectivity index (χ1) is 33.7. The second-order valence-electron chi connectivity index (χ2n) is 17.6. The first-order valence-corrected chi connectivity index (χ1v) is 23.4. The van der Waals surface area contributed by atoms with Crippen molar-refractivity contribution in [1.82, 2.24) is 4.57 Å². The zero-order valence-electron chi connectivity index (χ0n) is 37.3. The molecule has 68 heavy (non-hydrogen) atoms. The van der Waals surface area contributed by atoms with Crippen LogP contribution in [0.4, 0.5) is 17.1 Å². The third kappa shape index (κ3) is 6.65. The molecular weight excluding hydrogens is 821 g/mol. The Labute approximate surface area is 395 Å². The lowest BCUT2D eigenvalue weighted by Gasteiger charge is -2.31. The summed E-state index contributed by atoms with van der Waals surface area (Å²) >= 11 is 0. The minimum Gasteiger partial charge on any atom is -0.309 e. The molecule has 13 aromatic rings. The highest BCUT2D eigenvalue weighted by molar-refractivity contribution is 6.11. The summed E-state index contributed by atoms with van der Waals surface area (Å²) in [6.45, 7) is 0. The Morgan fingerprint density at radius 2 is 0.676 bits per heavy atom. The Hall–Kier alpha value is -8.98. The minimum absolute atomic E-state index is 1.09. The first kappa shape index (κ1) is 39.4. The first-order valence-electron chi connectivity index (χ1n) is 23.4. The number of nitrogens with zero attached hydrogens (tertiary/aromatic N) is 2. The van der Waals surface area contributed by atoms with Crippen LogP contribution in [0, 0.1) is 0 Å². The van der Waals surface area contributed by atoms with E-state index >= 15 is 0 Å². The largest absolute Gasteiger partial charge is 0.309 e. The summed E-state index contributed by atoms with van der Waals surface area (Å²) in [5.74, 6) is 0. The second kappa shape index (κ2) is 16.5. The summed E-state index contributed by atoms with van der Waals surface area (Å²) in [6.07, 6.45) is 0. The maximum Gasteiger partial charge on any atom is 0.0546 e. The van der Waals surface area contributed by atoms with Gasteiger partial charge in [0.15, 0.2) is 0 Å². The van der Waals surface area contributed by atoms with Crippen LogP contribution in [0.15, 0.2) is 267 Å². The molecule has 0 unspecified atom stereocenters. The van der Waals surface area contributed by atoms with E-state index in [-0.39, 0.29) is 0 Å². The van der Waals surface area contributed by atoms with E-state index in [0.717, 1.165) is 39.4 Å². The van der Waals surface area contributed by atoms with Gasteiger partial charge in [-0.1, -0.05) is 218 Å². The molecule has 0 amide bonds. The summed E-state index contributed by atoms with van der Waals surface area (Å²) in [6, 6.07) is 97.8. The molecule has 0 N–H and O–H groups in total. The van der Waals surface area contributed by atoms with Crippen LogP contribution in [-0.4, -0.2) is 4.57 Å². The maximum atomic E-state index is 2.51. The number of para-hydroxylation sites is 4. The average Bonchev–Trinajstić information content (AvgIpc) is 3.75. The van der Waals surface area contributed by atoms with Crippen LogP contribution in [-0.2, 0) is 0 Å². The maximum absolute atomic E-state index is 2.51. The highest BCUT2D eigenvalue weighted by Gasteiger charge is 2.24. The summed E-state index contributed by atoms with van der Waals surface area (Å²) in [5.41, 5.74) is 16.1. The predicted octanol–water partition coefficient (Wildman–Crippen LogP) is 18.4. The quantitative estimate of drug-likeness (QED) is 0.148. The number of rotatable bonds is 8. The SMILES string of the molecule is c1ccc(-c2ccc(-c3ccccc3N(c3ccccc3-c3ccc4ccccc4c3)c3ccc(-c4ccc5ccccc5c4)c4ccccc34)cc2-n2c3ccccc3c3ccccc32)cc1. The Kier molecular flexibility index (Phi) is 9.54. The zero-order valence-corrected chi connectivity index (χ0v) is 37.3. The normalized spacial score (nSPS) is 11.5. The van der Waals surface area contributed by atoms with E-state index in [4.69, 9.17) is 0 Å². The van der Waals surface area contributed by atoms with Gasteiger partial charge in [0.1, 0.15) is 0 Å². The number of benzene rings is 12. The van der Waals surface area contributed by atoms with Gasteiger partial charge in [-0.15, -0.1) is 0 Å². The number of hydrogen-bond acceptors (Lipinski definition) is 1. The van der Waals surface area contributed by atoms with Gasteiger partial charge >= 0.3 is 0 Å². The van der Waals surface area contributed by atoms with Crippen molar-refractivity contribution in [3.8, 4) is 50.2 Å². The third-order valence-corrected chi connectivity index (χ3v) is 13.8. The Balaban J connectivity index is 1.07. The van der Waals surface area contributed by atoms with Gasteiger partial charge in [-0.25, -0.2) is 0 Å². The van der Waals surface area contributed by atoms with Crippen LogP contribution in [0.1, 0.15) is 0 Å². The molecule has 13 rings (SSSR count). The van der Waals surface area contributed by atoms with E-state index in [9.17, 15) is 0 Å². The fraction of sp³-hybridized carbons (Fsp3) is 0. The number of aromatic nitrogens is 1. The van der Waals surface area contributed by atoms with Crippen LogP contribution in [0.3, 0.4) is 0 Å². The number of anilines is 3. The molecule has 1 aromatic heterocycles. The monoisotopic (exact) mass is 864 g/mol. The molecule has 0 fully saturated rings. The van der Waals surface area contributed by atoms with Crippen LogP contribution in [0.2, 0.25) is 0 Å². The molecule has 1 heterocycles. The van der Waals surface area contributed by atoms with Gasteiger partial charge in [-0.2, -0.15) is 0 Å². The van der Waals surface area contributed by atoms with E-state index < -0.39 is 0 Å². The summed E-state index contributed by atoms with van der Waals surface area (Å²) in [7, 11) is 0. The third-order valence-electron chi connectivity index (χ3n) is 13.8.